The zero-order chi connectivity index (χ0) is 11.3. The van der Waals surface area contributed by atoms with E-state index in [9.17, 15) is 4.79 Å². The lowest BCUT2D eigenvalue weighted by Crippen LogP contribution is -2.42. The lowest BCUT2D eigenvalue weighted by atomic mass is 9.91. The lowest BCUT2D eigenvalue weighted by molar-refractivity contribution is -0.144. The van der Waals surface area contributed by atoms with Crippen molar-refractivity contribution in [2.75, 3.05) is 26.2 Å². The molecule has 1 saturated heterocycles. The maximum atomic E-state index is 11.2. The van der Waals surface area contributed by atoms with E-state index in [2.05, 4.69) is 11.8 Å². The van der Waals surface area contributed by atoms with Crippen molar-refractivity contribution in [3.05, 3.63) is 0 Å². The minimum atomic E-state index is -0.114. The summed E-state index contributed by atoms with van der Waals surface area (Å²) in [6.07, 6.45) is 2.19. The van der Waals surface area contributed by atoms with Gasteiger partial charge in [0.25, 0.3) is 0 Å². The fourth-order valence-electron chi connectivity index (χ4n) is 2.03. The molecule has 0 radical (unpaired) electrons. The smallest absolute Gasteiger partial charge is 0.320 e. The SMILES string of the molecule is CCOC(=O)CN1CCC(C(C)N)CC1.Cl. The molecule has 1 atom stereocenters. The van der Waals surface area contributed by atoms with Gasteiger partial charge in [-0.3, -0.25) is 9.69 Å². The molecule has 1 fully saturated rings. The summed E-state index contributed by atoms with van der Waals surface area (Å²) in [6.45, 7) is 6.72. The monoisotopic (exact) mass is 250 g/mol. The Bertz CT molecular complexity index is 204. The highest BCUT2D eigenvalue weighted by Crippen LogP contribution is 2.19. The maximum Gasteiger partial charge on any atom is 0.320 e. The van der Waals surface area contributed by atoms with Gasteiger partial charge in [0, 0.05) is 6.04 Å². The molecule has 1 aliphatic rings. The first-order chi connectivity index (χ1) is 7.13. The molecule has 2 N–H and O–H groups in total. The molecule has 96 valence electrons. The second-order valence-electron chi connectivity index (χ2n) is 4.28. The van der Waals surface area contributed by atoms with E-state index in [1.165, 1.54) is 0 Å². The average molecular weight is 251 g/mol. The van der Waals surface area contributed by atoms with Gasteiger partial charge in [-0.1, -0.05) is 0 Å². The number of nitrogens with zero attached hydrogens (tertiary/aromatic N) is 1. The topological polar surface area (TPSA) is 55.6 Å². The third-order valence-corrected chi connectivity index (χ3v) is 3.03. The molecule has 0 aromatic carbocycles. The van der Waals surface area contributed by atoms with E-state index in [-0.39, 0.29) is 24.4 Å². The zero-order valence-electron chi connectivity index (χ0n) is 10.1. The van der Waals surface area contributed by atoms with Crippen molar-refractivity contribution in [3.63, 3.8) is 0 Å². The summed E-state index contributed by atoms with van der Waals surface area (Å²) in [5, 5.41) is 0. The van der Waals surface area contributed by atoms with Gasteiger partial charge in [-0.15, -0.1) is 12.4 Å². The number of likely N-dealkylation sites (tertiary alicyclic amines) is 1. The highest BCUT2D eigenvalue weighted by molar-refractivity contribution is 5.85. The van der Waals surface area contributed by atoms with Gasteiger partial charge < -0.3 is 10.5 Å². The van der Waals surface area contributed by atoms with E-state index in [4.69, 9.17) is 10.5 Å². The fourth-order valence-corrected chi connectivity index (χ4v) is 2.03. The van der Waals surface area contributed by atoms with E-state index >= 15 is 0 Å². The number of ether oxygens (including phenoxy) is 1. The Morgan fingerprint density at radius 3 is 2.50 bits per heavy atom. The number of hydrogen-bond acceptors (Lipinski definition) is 4. The van der Waals surface area contributed by atoms with Gasteiger partial charge in [0.15, 0.2) is 0 Å². The molecular weight excluding hydrogens is 228 g/mol. The number of carbonyl (C=O) groups excluding carboxylic acids is 1. The summed E-state index contributed by atoms with van der Waals surface area (Å²) in [6, 6.07) is 0.273. The van der Waals surface area contributed by atoms with Gasteiger partial charge in [0.05, 0.1) is 13.2 Å². The maximum absolute atomic E-state index is 11.2. The quantitative estimate of drug-likeness (QED) is 0.758. The summed E-state index contributed by atoms with van der Waals surface area (Å²) in [5.74, 6) is 0.500. The summed E-state index contributed by atoms with van der Waals surface area (Å²) < 4.78 is 4.91. The van der Waals surface area contributed by atoms with Crippen LogP contribution in [0.2, 0.25) is 0 Å². The van der Waals surface area contributed by atoms with Crippen molar-refractivity contribution >= 4 is 18.4 Å². The molecule has 0 amide bonds. The number of carbonyl (C=O) groups is 1. The van der Waals surface area contributed by atoms with Crippen LogP contribution in [0.3, 0.4) is 0 Å². The van der Waals surface area contributed by atoms with Crippen molar-refractivity contribution < 1.29 is 9.53 Å². The van der Waals surface area contributed by atoms with Gasteiger partial charge in [0.2, 0.25) is 0 Å². The largest absolute Gasteiger partial charge is 0.465 e. The van der Waals surface area contributed by atoms with E-state index < -0.39 is 0 Å². The van der Waals surface area contributed by atoms with E-state index in [1.807, 2.05) is 6.92 Å². The predicted molar refractivity (Wildman–Crippen MR) is 66.7 cm³/mol. The van der Waals surface area contributed by atoms with Crippen LogP contribution in [-0.4, -0.2) is 43.2 Å². The van der Waals surface area contributed by atoms with Crippen LogP contribution < -0.4 is 5.73 Å². The van der Waals surface area contributed by atoms with Crippen molar-refractivity contribution in [3.8, 4) is 0 Å². The van der Waals surface area contributed by atoms with Crippen LogP contribution in [0, 0.1) is 5.92 Å². The molecule has 0 aliphatic carbocycles. The summed E-state index contributed by atoms with van der Waals surface area (Å²) in [4.78, 5) is 13.4. The molecule has 5 heteroatoms. The van der Waals surface area contributed by atoms with E-state index in [1.54, 1.807) is 0 Å². The summed E-state index contributed by atoms with van der Waals surface area (Å²) >= 11 is 0. The molecule has 0 aromatic heterocycles. The molecule has 16 heavy (non-hydrogen) atoms. The van der Waals surface area contributed by atoms with Gasteiger partial charge in [-0.2, -0.15) is 0 Å². The van der Waals surface area contributed by atoms with Gasteiger partial charge >= 0.3 is 5.97 Å². The molecule has 0 saturated carbocycles. The zero-order valence-corrected chi connectivity index (χ0v) is 11.0. The molecule has 0 spiro atoms. The highest BCUT2D eigenvalue weighted by atomic mass is 35.5. The highest BCUT2D eigenvalue weighted by Gasteiger charge is 2.23. The number of hydrogen-bond donors (Lipinski definition) is 1. The second kappa shape index (κ2) is 7.87. The van der Waals surface area contributed by atoms with Gasteiger partial charge in [-0.05, 0) is 45.7 Å². The van der Waals surface area contributed by atoms with Crippen LogP contribution in [0.15, 0.2) is 0 Å². The molecule has 4 nitrogen and oxygen atoms in total. The molecular formula is C11H23ClN2O2. The van der Waals surface area contributed by atoms with Crippen LogP contribution in [0.5, 0.6) is 0 Å². The van der Waals surface area contributed by atoms with Gasteiger partial charge in [0.1, 0.15) is 0 Å². The molecule has 1 rings (SSSR count). The Morgan fingerprint density at radius 2 is 2.06 bits per heavy atom. The molecule has 1 unspecified atom stereocenters. The summed E-state index contributed by atoms with van der Waals surface area (Å²) in [7, 11) is 0. The first-order valence-corrected chi connectivity index (χ1v) is 5.77. The second-order valence-corrected chi connectivity index (χ2v) is 4.28. The van der Waals surface area contributed by atoms with Crippen molar-refractivity contribution in [1.82, 2.24) is 4.90 Å². The molecule has 0 aromatic rings. The van der Waals surface area contributed by atoms with E-state index in [0.717, 1.165) is 25.9 Å². The number of rotatable bonds is 4. The molecule has 1 heterocycles. The standard InChI is InChI=1S/C11H22N2O2.ClH/c1-3-15-11(14)8-13-6-4-10(5-7-13)9(2)12;/h9-10H,3-8,12H2,1-2H3;1H. The summed E-state index contributed by atoms with van der Waals surface area (Å²) in [5.41, 5.74) is 5.85. The Hall–Kier alpha value is -0.320. The minimum Gasteiger partial charge on any atom is -0.465 e. The Balaban J connectivity index is 0.00000225. The number of piperidine rings is 1. The average Bonchev–Trinajstić information content (AvgIpc) is 2.18. The molecule has 1 aliphatic heterocycles. The van der Waals surface area contributed by atoms with Crippen LogP contribution in [0.25, 0.3) is 0 Å². The predicted octanol–water partition coefficient (Wildman–Crippen LogP) is 1.03. The van der Waals surface area contributed by atoms with Crippen LogP contribution in [-0.2, 0) is 9.53 Å². The number of halogens is 1. The van der Waals surface area contributed by atoms with Crippen LogP contribution in [0.4, 0.5) is 0 Å². The van der Waals surface area contributed by atoms with Crippen molar-refractivity contribution in [2.45, 2.75) is 32.7 Å². The third kappa shape index (κ3) is 5.14. The van der Waals surface area contributed by atoms with Crippen molar-refractivity contribution in [1.29, 1.82) is 0 Å². The van der Waals surface area contributed by atoms with Crippen molar-refractivity contribution in [2.24, 2.45) is 11.7 Å². The molecule has 0 bridgehead atoms. The Morgan fingerprint density at radius 1 is 1.50 bits per heavy atom. The van der Waals surface area contributed by atoms with E-state index in [0.29, 0.717) is 19.1 Å². The normalized spacial score (nSPS) is 19.9. The third-order valence-electron chi connectivity index (χ3n) is 3.03. The first-order valence-electron chi connectivity index (χ1n) is 5.77. The fraction of sp³-hybridized carbons (Fsp3) is 0.909. The number of nitrogens with two attached hydrogens (primary N) is 1. The minimum absolute atomic E-state index is 0. The number of esters is 1. The van der Waals surface area contributed by atoms with Crippen LogP contribution in [0.1, 0.15) is 26.7 Å². The first kappa shape index (κ1) is 15.7. The Kier molecular flexibility index (Phi) is 7.72. The lowest BCUT2D eigenvalue weighted by Gasteiger charge is -2.32. The van der Waals surface area contributed by atoms with Gasteiger partial charge in [-0.25, -0.2) is 0 Å². The van der Waals surface area contributed by atoms with Crippen LogP contribution >= 0.6 is 12.4 Å². The Labute approximate surface area is 104 Å².